The van der Waals surface area contributed by atoms with Crippen molar-refractivity contribution in [2.75, 3.05) is 0 Å². The van der Waals surface area contributed by atoms with Crippen LogP contribution in [0.2, 0.25) is 0 Å². The third-order valence-corrected chi connectivity index (χ3v) is 0. The Hall–Kier alpha value is 2.51. The van der Waals surface area contributed by atoms with Gasteiger partial charge in [0, 0.05) is 16.8 Å². The molecule has 0 rings (SSSR count). The van der Waals surface area contributed by atoms with E-state index in [4.69, 9.17) is 10.7 Å². The van der Waals surface area contributed by atoms with Crippen molar-refractivity contribution in [1.82, 2.24) is 0 Å². The van der Waals surface area contributed by atoms with E-state index in [1.54, 1.807) is 0 Å². The van der Waals surface area contributed by atoms with Gasteiger partial charge in [-0.25, -0.2) is 0 Å². The molecule has 0 bridgehead atoms. The summed E-state index contributed by atoms with van der Waals surface area (Å²) in [7, 11) is 0. The van der Waals surface area contributed by atoms with Gasteiger partial charge in [-0.15, -0.1) is 0 Å². The van der Waals surface area contributed by atoms with Gasteiger partial charge in [0.2, 0.25) is 0 Å². The zero-order valence-corrected chi connectivity index (χ0v) is 4.74. The van der Waals surface area contributed by atoms with E-state index < -0.39 is 18.6 Å². The molecule has 0 amide bonds. The molecular formula is H4BaCoO3Ti. The van der Waals surface area contributed by atoms with Gasteiger partial charge in [-0.3, -0.25) is 0 Å². The van der Waals surface area contributed by atoms with Gasteiger partial charge in [0.05, 0.1) is 0 Å². The molecule has 0 heterocycles. The van der Waals surface area contributed by atoms with E-state index in [1.807, 2.05) is 0 Å². The van der Waals surface area contributed by atoms with Crippen LogP contribution in [-0.4, -0.2) is 56.3 Å². The Morgan fingerprint density at radius 1 is 1.33 bits per heavy atom. The summed E-state index contributed by atoms with van der Waals surface area (Å²) in [5.41, 5.74) is 0. The standard InChI is InChI=1S/Ba.Co.2H2O.O.Ti.2H/h;;2*1H2;;;;/q;;;;;+2;;/p-2. The molecule has 0 saturated carbocycles. The summed E-state index contributed by atoms with van der Waals surface area (Å²) < 4.78 is 23.2. The molecule has 3 nitrogen and oxygen atoms in total. The zero-order chi connectivity index (χ0) is 3.58. The summed E-state index contributed by atoms with van der Waals surface area (Å²) in [6.45, 7) is 0. The molecule has 37 valence electrons. The van der Waals surface area contributed by atoms with Crippen LogP contribution in [-0.2, 0) is 38.7 Å². The van der Waals surface area contributed by atoms with Crippen molar-refractivity contribution < 1.29 is 46.1 Å². The number of hydrogen-bond acceptors (Lipinski definition) is 1. The van der Waals surface area contributed by atoms with Gasteiger partial charge in [0.1, 0.15) is 0 Å². The van der Waals surface area contributed by atoms with Gasteiger partial charge < -0.3 is 0 Å². The fourth-order valence-electron chi connectivity index (χ4n) is 0. The van der Waals surface area contributed by atoms with Crippen molar-refractivity contribution in [3.63, 3.8) is 0 Å². The fourth-order valence-corrected chi connectivity index (χ4v) is 0. The van der Waals surface area contributed by atoms with Gasteiger partial charge in [-0.2, -0.15) is 0 Å². The molecule has 1 radical (unpaired) electrons. The molecule has 0 unspecified atom stereocenters. The van der Waals surface area contributed by atoms with E-state index in [0.717, 1.165) is 0 Å². The van der Waals surface area contributed by atoms with Gasteiger partial charge in [0.25, 0.3) is 0 Å². The van der Waals surface area contributed by atoms with Crippen LogP contribution in [0.4, 0.5) is 0 Å². The normalized spacial score (nSPS) is 4.33. The summed E-state index contributed by atoms with van der Waals surface area (Å²) in [5.74, 6) is 0. The summed E-state index contributed by atoms with van der Waals surface area (Å²) in [6, 6.07) is 0. The van der Waals surface area contributed by atoms with Crippen LogP contribution < -0.4 is 0 Å². The van der Waals surface area contributed by atoms with Gasteiger partial charge in [0.15, 0.2) is 0 Å². The molecule has 2 N–H and O–H groups in total. The molecule has 0 aromatic heterocycles. The van der Waals surface area contributed by atoms with Crippen LogP contribution in [0.25, 0.3) is 0 Å². The van der Waals surface area contributed by atoms with Gasteiger partial charge in [-0.1, -0.05) is 0 Å². The van der Waals surface area contributed by atoms with Crippen molar-refractivity contribution in [3.8, 4) is 0 Å². The molecule has 6 heavy (non-hydrogen) atoms. The van der Waals surface area contributed by atoms with E-state index in [1.165, 1.54) is 0 Å². The first kappa shape index (κ1) is 15.8. The van der Waals surface area contributed by atoms with Gasteiger partial charge in [-0.05, 0) is 0 Å². The first-order valence-corrected chi connectivity index (χ1v) is 2.69. The predicted molar refractivity (Wildman–Crippen MR) is 13.7 cm³/mol. The molecule has 0 spiro atoms. The first-order chi connectivity index (χ1) is 1.73. The van der Waals surface area contributed by atoms with Crippen LogP contribution in [0.3, 0.4) is 0 Å². The average Bonchev–Trinajstić information content (AvgIpc) is 0.811. The molecule has 0 atom stereocenters. The Balaban J connectivity index is -0.0000000450. The van der Waals surface area contributed by atoms with E-state index in [9.17, 15) is 0 Å². The fraction of sp³-hybridized carbons (Fsp3) is 0. The van der Waals surface area contributed by atoms with Crippen LogP contribution in [0.5, 0.6) is 0 Å². The van der Waals surface area contributed by atoms with Crippen LogP contribution in [0.15, 0.2) is 0 Å². The van der Waals surface area contributed by atoms with E-state index in [2.05, 4.69) is 0 Å². The molecule has 0 aromatic rings. The molecule has 0 aromatic carbocycles. The van der Waals surface area contributed by atoms with E-state index in [0.29, 0.717) is 0 Å². The van der Waals surface area contributed by atoms with Crippen molar-refractivity contribution in [1.29, 1.82) is 0 Å². The Bertz CT molecular complexity index is 33.8. The average molecular weight is 296 g/mol. The van der Waals surface area contributed by atoms with Crippen molar-refractivity contribution >= 4 is 48.9 Å². The minimum absolute atomic E-state index is 0. The molecule has 0 aliphatic rings. The Labute approximate surface area is 92.9 Å². The molecule has 0 aliphatic carbocycles. The third kappa shape index (κ3) is 31.4. The second kappa shape index (κ2) is 10.5. The minimum atomic E-state index is -3.58. The van der Waals surface area contributed by atoms with Crippen molar-refractivity contribution in [2.24, 2.45) is 0 Å². The second-order valence-electron chi connectivity index (χ2n) is 0.283. The zero-order valence-electron chi connectivity index (χ0n) is 2.14. The summed E-state index contributed by atoms with van der Waals surface area (Å²) in [6.07, 6.45) is 0. The monoisotopic (exact) mass is 297 g/mol. The third-order valence-electron chi connectivity index (χ3n) is 0. The first-order valence-electron chi connectivity index (χ1n) is 0.651. The maximum absolute atomic E-state index is 8.81. The Morgan fingerprint density at radius 2 is 1.33 bits per heavy atom. The molecule has 0 fully saturated rings. The quantitative estimate of drug-likeness (QED) is 0.501. The Morgan fingerprint density at radius 3 is 1.33 bits per heavy atom. The topological polar surface area (TPSA) is 57.5 Å². The van der Waals surface area contributed by atoms with Crippen molar-refractivity contribution in [2.45, 2.75) is 0 Å². The van der Waals surface area contributed by atoms with E-state index in [-0.39, 0.29) is 65.7 Å². The molecule has 0 saturated heterocycles. The predicted octanol–water partition coefficient (Wildman–Crippen LogP) is -2.15. The Kier molecular flexibility index (Phi) is 27.6. The molecular weight excluding hydrogens is 292 g/mol. The molecule has 6 heteroatoms. The summed E-state index contributed by atoms with van der Waals surface area (Å²) >= 11 is -3.58. The van der Waals surface area contributed by atoms with Crippen LogP contribution in [0, 0.1) is 0 Å². The van der Waals surface area contributed by atoms with Gasteiger partial charge >= 0.3 is 78.2 Å². The van der Waals surface area contributed by atoms with Crippen LogP contribution in [0.1, 0.15) is 0 Å². The van der Waals surface area contributed by atoms with E-state index >= 15 is 0 Å². The maximum atomic E-state index is 8.81. The number of rotatable bonds is 0. The van der Waals surface area contributed by atoms with Crippen molar-refractivity contribution in [3.05, 3.63) is 0 Å². The molecule has 0 aliphatic heterocycles. The van der Waals surface area contributed by atoms with Crippen LogP contribution >= 0.6 is 0 Å². The summed E-state index contributed by atoms with van der Waals surface area (Å²) in [4.78, 5) is 0. The SMILES string of the molecule is [BaH2].[Co].[O]=[Ti]([OH])[OH]. The second-order valence-corrected chi connectivity index (χ2v) is 1.17. The summed E-state index contributed by atoms with van der Waals surface area (Å²) in [5, 5.41) is 0. The number of hydrogen-bond donors (Lipinski definition) is 2.